The zero-order valence-corrected chi connectivity index (χ0v) is 14.1. The third-order valence-electron chi connectivity index (χ3n) is 2.38. The summed E-state index contributed by atoms with van der Waals surface area (Å²) in [5.41, 5.74) is 0.679. The van der Waals surface area contributed by atoms with Crippen molar-refractivity contribution in [2.75, 3.05) is 11.9 Å². The fourth-order valence-electron chi connectivity index (χ4n) is 1.47. The van der Waals surface area contributed by atoms with Crippen LogP contribution in [0, 0.1) is 0 Å². The van der Waals surface area contributed by atoms with Crippen LogP contribution in [0.15, 0.2) is 51.4 Å². The monoisotopic (exact) mass is 417 g/mol. The van der Waals surface area contributed by atoms with Gasteiger partial charge in [0.15, 0.2) is 6.61 Å². The van der Waals surface area contributed by atoms with Gasteiger partial charge in [0.05, 0.1) is 4.47 Å². The zero-order chi connectivity index (χ0) is 14.5. The van der Waals surface area contributed by atoms with Crippen molar-refractivity contribution in [1.29, 1.82) is 0 Å². The Morgan fingerprint density at radius 2 is 1.85 bits per heavy atom. The molecule has 0 aromatic heterocycles. The average molecular weight is 420 g/mol. The molecule has 1 N–H and O–H groups in total. The predicted molar refractivity (Wildman–Crippen MR) is 87.4 cm³/mol. The van der Waals surface area contributed by atoms with Crippen molar-refractivity contribution in [2.24, 2.45) is 0 Å². The smallest absolute Gasteiger partial charge is 0.262 e. The summed E-state index contributed by atoms with van der Waals surface area (Å²) in [4.78, 5) is 11.8. The summed E-state index contributed by atoms with van der Waals surface area (Å²) in [6, 6.07) is 12.4. The molecule has 104 valence electrons. The van der Waals surface area contributed by atoms with Crippen molar-refractivity contribution < 1.29 is 9.53 Å². The van der Waals surface area contributed by atoms with Crippen LogP contribution in [0.1, 0.15) is 0 Å². The van der Waals surface area contributed by atoms with Gasteiger partial charge in [-0.2, -0.15) is 0 Å². The number of carbonyl (C=O) groups excluding carboxylic acids is 1. The number of hydrogen-bond acceptors (Lipinski definition) is 2. The number of carbonyl (C=O) groups is 1. The largest absolute Gasteiger partial charge is 0.483 e. The van der Waals surface area contributed by atoms with E-state index in [1.165, 1.54) is 0 Å². The van der Waals surface area contributed by atoms with Gasteiger partial charge in [0.25, 0.3) is 5.91 Å². The fourth-order valence-corrected chi connectivity index (χ4v) is 2.75. The molecule has 3 nitrogen and oxygen atoms in total. The van der Waals surface area contributed by atoms with Gasteiger partial charge < -0.3 is 10.1 Å². The quantitative estimate of drug-likeness (QED) is 0.767. The molecule has 20 heavy (non-hydrogen) atoms. The second-order valence-corrected chi connectivity index (χ2v) is 6.12. The van der Waals surface area contributed by atoms with Crippen LogP contribution >= 0.6 is 43.5 Å². The van der Waals surface area contributed by atoms with Gasteiger partial charge in [-0.1, -0.05) is 27.5 Å². The standard InChI is InChI=1S/C14H10Br2ClNO2/c15-9-1-6-13(12(16)7-9)20-8-14(19)18-11-4-2-10(17)3-5-11/h1-7H,8H2,(H,18,19). The summed E-state index contributed by atoms with van der Waals surface area (Å²) < 4.78 is 7.16. The highest BCUT2D eigenvalue weighted by Gasteiger charge is 2.06. The molecule has 0 bridgehead atoms. The van der Waals surface area contributed by atoms with Crippen LogP contribution in [0.2, 0.25) is 5.02 Å². The Bertz CT molecular complexity index is 617. The molecule has 2 aromatic carbocycles. The first-order valence-corrected chi connectivity index (χ1v) is 7.64. The van der Waals surface area contributed by atoms with Gasteiger partial charge in [-0.15, -0.1) is 0 Å². The number of nitrogens with one attached hydrogen (secondary N) is 1. The molecule has 0 atom stereocenters. The van der Waals surface area contributed by atoms with Crippen molar-refractivity contribution in [3.8, 4) is 5.75 Å². The van der Waals surface area contributed by atoms with Crippen LogP contribution < -0.4 is 10.1 Å². The molecule has 0 heterocycles. The molecular formula is C14H10Br2ClNO2. The van der Waals surface area contributed by atoms with Crippen LogP contribution in [-0.4, -0.2) is 12.5 Å². The fraction of sp³-hybridized carbons (Fsp3) is 0.0714. The normalized spacial score (nSPS) is 10.2. The van der Waals surface area contributed by atoms with Gasteiger partial charge in [0.1, 0.15) is 5.75 Å². The van der Waals surface area contributed by atoms with Gasteiger partial charge in [-0.05, 0) is 58.4 Å². The molecule has 0 aliphatic rings. The number of anilines is 1. The third kappa shape index (κ3) is 4.51. The summed E-state index contributed by atoms with van der Waals surface area (Å²) in [5, 5.41) is 3.35. The van der Waals surface area contributed by atoms with Gasteiger partial charge in [-0.3, -0.25) is 4.79 Å². The molecular weight excluding hydrogens is 409 g/mol. The molecule has 0 spiro atoms. The molecule has 0 radical (unpaired) electrons. The SMILES string of the molecule is O=C(COc1ccc(Br)cc1Br)Nc1ccc(Cl)cc1. The summed E-state index contributed by atoms with van der Waals surface area (Å²) in [6.07, 6.45) is 0. The first kappa shape index (κ1) is 15.4. The minimum absolute atomic E-state index is 0.0666. The summed E-state index contributed by atoms with van der Waals surface area (Å²) in [6.45, 7) is -0.0666. The maximum Gasteiger partial charge on any atom is 0.262 e. The van der Waals surface area contributed by atoms with Gasteiger partial charge in [-0.25, -0.2) is 0 Å². The lowest BCUT2D eigenvalue weighted by atomic mass is 10.3. The first-order valence-electron chi connectivity index (χ1n) is 5.68. The van der Waals surface area contributed by atoms with Crippen molar-refractivity contribution >= 4 is 55.1 Å². The van der Waals surface area contributed by atoms with Crippen molar-refractivity contribution in [3.05, 3.63) is 56.4 Å². The summed E-state index contributed by atoms with van der Waals surface area (Å²) in [7, 11) is 0. The molecule has 0 unspecified atom stereocenters. The lowest BCUT2D eigenvalue weighted by molar-refractivity contribution is -0.118. The molecule has 2 rings (SSSR count). The van der Waals surface area contributed by atoms with E-state index in [2.05, 4.69) is 37.2 Å². The molecule has 0 fully saturated rings. The van der Waals surface area contributed by atoms with Gasteiger partial charge >= 0.3 is 0 Å². The van der Waals surface area contributed by atoms with E-state index in [0.717, 1.165) is 8.95 Å². The van der Waals surface area contributed by atoms with Crippen LogP contribution in [0.5, 0.6) is 5.75 Å². The maximum absolute atomic E-state index is 11.8. The minimum atomic E-state index is -0.234. The molecule has 0 aliphatic heterocycles. The highest BCUT2D eigenvalue weighted by molar-refractivity contribution is 9.11. The Morgan fingerprint density at radius 3 is 2.50 bits per heavy atom. The Morgan fingerprint density at radius 1 is 1.15 bits per heavy atom. The number of benzene rings is 2. The van der Waals surface area contributed by atoms with Crippen molar-refractivity contribution in [2.45, 2.75) is 0 Å². The Balaban J connectivity index is 1.90. The molecule has 2 aromatic rings. The number of ether oxygens (including phenoxy) is 1. The van der Waals surface area contributed by atoms with E-state index in [9.17, 15) is 4.79 Å². The van der Waals surface area contributed by atoms with Crippen LogP contribution in [0.3, 0.4) is 0 Å². The summed E-state index contributed by atoms with van der Waals surface area (Å²) >= 11 is 12.5. The lowest BCUT2D eigenvalue weighted by Gasteiger charge is -2.09. The number of rotatable bonds is 4. The van der Waals surface area contributed by atoms with Gasteiger partial charge in [0, 0.05) is 15.2 Å². The Kier molecular flexibility index (Phi) is 5.46. The second kappa shape index (κ2) is 7.11. The number of amides is 1. The van der Waals surface area contributed by atoms with Crippen LogP contribution in [0.4, 0.5) is 5.69 Å². The first-order chi connectivity index (χ1) is 9.54. The van der Waals surface area contributed by atoms with E-state index in [4.69, 9.17) is 16.3 Å². The second-order valence-electron chi connectivity index (χ2n) is 3.92. The Hall–Kier alpha value is -1.04. The lowest BCUT2D eigenvalue weighted by Crippen LogP contribution is -2.20. The molecule has 0 saturated carbocycles. The van der Waals surface area contributed by atoms with E-state index in [1.807, 2.05) is 12.1 Å². The highest BCUT2D eigenvalue weighted by atomic mass is 79.9. The summed E-state index contributed by atoms with van der Waals surface area (Å²) in [5.74, 6) is 0.376. The van der Waals surface area contributed by atoms with E-state index >= 15 is 0 Å². The van der Waals surface area contributed by atoms with E-state index < -0.39 is 0 Å². The predicted octanol–water partition coefficient (Wildman–Crippen LogP) is 4.88. The minimum Gasteiger partial charge on any atom is -0.483 e. The van der Waals surface area contributed by atoms with E-state index in [0.29, 0.717) is 16.5 Å². The third-order valence-corrected chi connectivity index (χ3v) is 3.75. The number of halogens is 3. The van der Waals surface area contributed by atoms with Crippen molar-refractivity contribution in [3.63, 3.8) is 0 Å². The van der Waals surface area contributed by atoms with Crippen molar-refractivity contribution in [1.82, 2.24) is 0 Å². The highest BCUT2D eigenvalue weighted by Crippen LogP contribution is 2.28. The van der Waals surface area contributed by atoms with E-state index in [-0.39, 0.29) is 12.5 Å². The average Bonchev–Trinajstić information content (AvgIpc) is 2.40. The molecule has 1 amide bonds. The topological polar surface area (TPSA) is 38.3 Å². The van der Waals surface area contributed by atoms with Crippen LogP contribution in [0.25, 0.3) is 0 Å². The molecule has 0 aliphatic carbocycles. The maximum atomic E-state index is 11.8. The van der Waals surface area contributed by atoms with E-state index in [1.54, 1.807) is 30.3 Å². The molecule has 0 saturated heterocycles. The molecule has 6 heteroatoms. The van der Waals surface area contributed by atoms with Crippen LogP contribution in [-0.2, 0) is 4.79 Å². The Labute approximate surface area is 138 Å². The van der Waals surface area contributed by atoms with Gasteiger partial charge in [0.2, 0.25) is 0 Å². The zero-order valence-electron chi connectivity index (χ0n) is 10.2. The number of hydrogen-bond donors (Lipinski definition) is 1.